The first kappa shape index (κ1) is 13.4. The number of alkyl halides is 2. The molecule has 1 saturated carbocycles. The first-order valence-electron chi connectivity index (χ1n) is 5.67. The molecule has 0 N–H and O–H groups in total. The van der Waals surface area contributed by atoms with Crippen LogP contribution in [0, 0.1) is 0 Å². The third kappa shape index (κ3) is 4.88. The van der Waals surface area contributed by atoms with Crippen molar-refractivity contribution in [2.45, 2.75) is 51.1 Å². The predicted octanol–water partition coefficient (Wildman–Crippen LogP) is 2.53. The third-order valence-corrected chi connectivity index (χ3v) is 2.54. The van der Waals surface area contributed by atoms with Gasteiger partial charge in [-0.1, -0.05) is 12.8 Å². The molecule has 0 unspecified atom stereocenters. The normalized spacial score (nSPS) is 17.7. The lowest BCUT2D eigenvalue weighted by atomic mass is 10.3. The first-order valence-corrected chi connectivity index (χ1v) is 5.67. The van der Waals surface area contributed by atoms with E-state index in [-0.39, 0.29) is 6.61 Å². The van der Waals surface area contributed by atoms with E-state index in [1.54, 1.807) is 0 Å². The average molecular weight is 236 g/mol. The topological polar surface area (TPSA) is 35.5 Å². The second kappa shape index (κ2) is 6.13. The van der Waals surface area contributed by atoms with Crippen molar-refractivity contribution in [2.24, 2.45) is 0 Å². The maximum absolute atomic E-state index is 12.4. The zero-order chi connectivity index (χ0) is 12.0. The molecule has 1 aliphatic rings. The molecule has 16 heavy (non-hydrogen) atoms. The molecule has 1 aliphatic carbocycles. The Morgan fingerprint density at radius 3 is 2.50 bits per heavy atom. The number of halogens is 2. The Morgan fingerprint density at radius 2 is 1.94 bits per heavy atom. The fraction of sp³-hybridized carbons (Fsp3) is 0.909. The number of rotatable bonds is 6. The summed E-state index contributed by atoms with van der Waals surface area (Å²) in [6, 6.07) is 0. The monoisotopic (exact) mass is 236 g/mol. The maximum Gasteiger partial charge on any atom is 0.376 e. The molecule has 94 valence electrons. The summed E-state index contributed by atoms with van der Waals surface area (Å²) < 4.78 is 34.6. The van der Waals surface area contributed by atoms with Crippen LogP contribution in [0.25, 0.3) is 0 Å². The molecule has 0 aromatic rings. The van der Waals surface area contributed by atoms with E-state index in [1.165, 1.54) is 12.8 Å². The van der Waals surface area contributed by atoms with Crippen molar-refractivity contribution < 1.29 is 23.0 Å². The van der Waals surface area contributed by atoms with Crippen LogP contribution in [-0.4, -0.2) is 31.2 Å². The molecule has 5 heteroatoms. The van der Waals surface area contributed by atoms with Crippen LogP contribution >= 0.6 is 0 Å². The smallest absolute Gasteiger partial charge is 0.376 e. The van der Waals surface area contributed by atoms with Crippen LogP contribution in [-0.2, 0) is 14.3 Å². The van der Waals surface area contributed by atoms with Gasteiger partial charge in [0, 0.05) is 13.3 Å². The van der Waals surface area contributed by atoms with Crippen LogP contribution in [0.15, 0.2) is 0 Å². The van der Waals surface area contributed by atoms with Gasteiger partial charge in [0.2, 0.25) is 0 Å². The molecule has 0 bridgehead atoms. The second-order valence-electron chi connectivity index (χ2n) is 4.16. The summed E-state index contributed by atoms with van der Waals surface area (Å²) in [5.74, 6) is -4.86. The molecule has 0 aromatic heterocycles. The van der Waals surface area contributed by atoms with Crippen LogP contribution in [0.1, 0.15) is 39.0 Å². The molecule has 1 rings (SSSR count). The van der Waals surface area contributed by atoms with E-state index in [0.717, 1.165) is 12.8 Å². The predicted molar refractivity (Wildman–Crippen MR) is 54.4 cm³/mol. The van der Waals surface area contributed by atoms with Gasteiger partial charge in [0.1, 0.15) is 0 Å². The van der Waals surface area contributed by atoms with Crippen molar-refractivity contribution in [3.63, 3.8) is 0 Å². The van der Waals surface area contributed by atoms with Gasteiger partial charge >= 0.3 is 11.9 Å². The molecule has 0 heterocycles. The zero-order valence-electron chi connectivity index (χ0n) is 9.51. The average Bonchev–Trinajstić information content (AvgIpc) is 2.68. The molecule has 3 nitrogen and oxygen atoms in total. The summed E-state index contributed by atoms with van der Waals surface area (Å²) in [6.45, 7) is 0.993. The standard InChI is InChI=1S/C11H18F2O3/c1-11(12,13)10(14)16-8-4-7-15-9-5-2-3-6-9/h9H,2-8H2,1H3. The second-order valence-corrected chi connectivity index (χ2v) is 4.16. The van der Waals surface area contributed by atoms with Crippen LogP contribution in [0.2, 0.25) is 0 Å². The Balaban J connectivity index is 1.97. The minimum atomic E-state index is -3.40. The van der Waals surface area contributed by atoms with E-state index in [0.29, 0.717) is 26.1 Å². The number of hydrogen-bond donors (Lipinski definition) is 0. The van der Waals surface area contributed by atoms with Gasteiger partial charge in [0.25, 0.3) is 0 Å². The molecule has 0 radical (unpaired) electrons. The van der Waals surface area contributed by atoms with Gasteiger partial charge < -0.3 is 9.47 Å². The molecular formula is C11H18F2O3. The van der Waals surface area contributed by atoms with Gasteiger partial charge in [-0.15, -0.1) is 0 Å². The van der Waals surface area contributed by atoms with Gasteiger partial charge in [0.05, 0.1) is 19.3 Å². The van der Waals surface area contributed by atoms with Crippen molar-refractivity contribution >= 4 is 5.97 Å². The summed E-state index contributed by atoms with van der Waals surface area (Å²) in [5.41, 5.74) is 0. The highest BCUT2D eigenvalue weighted by molar-refractivity contribution is 5.76. The van der Waals surface area contributed by atoms with E-state index >= 15 is 0 Å². The molecule has 0 aliphatic heterocycles. The largest absolute Gasteiger partial charge is 0.461 e. The van der Waals surface area contributed by atoms with Crippen molar-refractivity contribution in [1.29, 1.82) is 0 Å². The Bertz CT molecular complexity index is 220. The summed E-state index contributed by atoms with van der Waals surface area (Å²) >= 11 is 0. The third-order valence-electron chi connectivity index (χ3n) is 2.54. The van der Waals surface area contributed by atoms with E-state index in [1.807, 2.05) is 0 Å². The highest BCUT2D eigenvalue weighted by Crippen LogP contribution is 2.20. The fourth-order valence-corrected chi connectivity index (χ4v) is 1.66. The molecule has 0 spiro atoms. The lowest BCUT2D eigenvalue weighted by molar-refractivity contribution is -0.169. The van der Waals surface area contributed by atoms with Gasteiger partial charge in [-0.05, 0) is 12.8 Å². The number of ether oxygens (including phenoxy) is 2. The summed E-state index contributed by atoms with van der Waals surface area (Å²) in [5, 5.41) is 0. The Hall–Kier alpha value is -0.710. The van der Waals surface area contributed by atoms with E-state index < -0.39 is 11.9 Å². The molecule has 0 amide bonds. The van der Waals surface area contributed by atoms with Crippen LogP contribution in [0.5, 0.6) is 0 Å². The van der Waals surface area contributed by atoms with E-state index in [9.17, 15) is 13.6 Å². The Labute approximate surface area is 94.1 Å². The summed E-state index contributed by atoms with van der Waals surface area (Å²) in [7, 11) is 0. The van der Waals surface area contributed by atoms with E-state index in [2.05, 4.69) is 4.74 Å². The van der Waals surface area contributed by atoms with Crippen molar-refractivity contribution in [3.8, 4) is 0 Å². The van der Waals surface area contributed by atoms with Crippen molar-refractivity contribution in [2.75, 3.05) is 13.2 Å². The number of esters is 1. The molecular weight excluding hydrogens is 218 g/mol. The lowest BCUT2D eigenvalue weighted by Gasteiger charge is -2.12. The number of carbonyl (C=O) groups excluding carboxylic acids is 1. The highest BCUT2D eigenvalue weighted by atomic mass is 19.3. The maximum atomic E-state index is 12.4. The number of hydrogen-bond acceptors (Lipinski definition) is 3. The zero-order valence-corrected chi connectivity index (χ0v) is 9.51. The molecule has 0 atom stereocenters. The van der Waals surface area contributed by atoms with Gasteiger partial charge in [-0.3, -0.25) is 0 Å². The first-order chi connectivity index (χ1) is 7.50. The Morgan fingerprint density at radius 1 is 1.31 bits per heavy atom. The summed E-state index contributed by atoms with van der Waals surface area (Å²) in [6.07, 6.45) is 5.32. The van der Waals surface area contributed by atoms with Crippen molar-refractivity contribution in [3.05, 3.63) is 0 Å². The van der Waals surface area contributed by atoms with Crippen LogP contribution in [0.4, 0.5) is 8.78 Å². The quantitative estimate of drug-likeness (QED) is 0.525. The molecule has 0 aromatic carbocycles. The molecule has 1 fully saturated rings. The SMILES string of the molecule is CC(F)(F)C(=O)OCCCOC1CCCC1. The highest BCUT2D eigenvalue weighted by Gasteiger charge is 2.33. The number of carbonyl (C=O) groups is 1. The van der Waals surface area contributed by atoms with Gasteiger partial charge in [0.15, 0.2) is 0 Å². The van der Waals surface area contributed by atoms with Crippen LogP contribution < -0.4 is 0 Å². The van der Waals surface area contributed by atoms with Crippen LogP contribution in [0.3, 0.4) is 0 Å². The Kier molecular flexibility index (Phi) is 5.12. The molecule has 0 saturated heterocycles. The van der Waals surface area contributed by atoms with E-state index in [4.69, 9.17) is 4.74 Å². The van der Waals surface area contributed by atoms with Gasteiger partial charge in [-0.2, -0.15) is 8.78 Å². The minimum absolute atomic E-state index is 0.00498. The lowest BCUT2D eigenvalue weighted by Crippen LogP contribution is -2.27. The van der Waals surface area contributed by atoms with Gasteiger partial charge in [-0.25, -0.2) is 4.79 Å². The summed E-state index contributed by atoms with van der Waals surface area (Å²) in [4.78, 5) is 10.7. The van der Waals surface area contributed by atoms with Crippen molar-refractivity contribution in [1.82, 2.24) is 0 Å². The minimum Gasteiger partial charge on any atom is -0.461 e. The fourth-order valence-electron chi connectivity index (χ4n) is 1.66.